The third-order valence-electron chi connectivity index (χ3n) is 0.809. The Hall–Kier alpha value is -1.19. The number of nitrogens with zero attached hydrogens (tertiary/aromatic N) is 2. The van der Waals surface area contributed by atoms with Crippen LogP contribution in [0.4, 0.5) is 0 Å². The zero-order valence-corrected chi connectivity index (χ0v) is 4.16. The Morgan fingerprint density at radius 1 is 1.75 bits per heavy atom. The maximum absolute atomic E-state index is 10.4. The van der Waals surface area contributed by atoms with Gasteiger partial charge < -0.3 is 5.73 Å². The van der Waals surface area contributed by atoms with Gasteiger partial charge in [0.15, 0.2) is 5.84 Å². The molecule has 0 bridgehead atoms. The number of carbonyl (C=O) groups excluding carboxylic acids is 1. The minimum absolute atomic E-state index is 0.00694. The Labute approximate surface area is 46.1 Å². The highest BCUT2D eigenvalue weighted by molar-refractivity contribution is 6.41. The predicted molar refractivity (Wildman–Crippen MR) is 29.7 cm³/mol. The standard InChI is InChI=1S/C4H5N3O/c5-4-3(8)1-2-6-7-4/h2H,1H2,(H2,5,7). The van der Waals surface area contributed by atoms with Crippen LogP contribution in [-0.4, -0.2) is 17.8 Å². The summed E-state index contributed by atoms with van der Waals surface area (Å²) in [5.74, 6) is -0.146. The van der Waals surface area contributed by atoms with Gasteiger partial charge in [-0.15, -0.1) is 5.10 Å². The highest BCUT2D eigenvalue weighted by Crippen LogP contribution is 1.87. The molecule has 1 rings (SSSR count). The maximum Gasteiger partial charge on any atom is 0.204 e. The summed E-state index contributed by atoms with van der Waals surface area (Å²) in [7, 11) is 0. The van der Waals surface area contributed by atoms with Crippen LogP contribution in [0, 0.1) is 0 Å². The summed E-state index contributed by atoms with van der Waals surface area (Å²) < 4.78 is 0. The van der Waals surface area contributed by atoms with Crippen LogP contribution >= 0.6 is 0 Å². The highest BCUT2D eigenvalue weighted by Gasteiger charge is 2.07. The second-order valence-corrected chi connectivity index (χ2v) is 1.41. The minimum atomic E-state index is -0.153. The van der Waals surface area contributed by atoms with Gasteiger partial charge in [-0.1, -0.05) is 0 Å². The first-order valence-corrected chi connectivity index (χ1v) is 2.19. The average molecular weight is 111 g/mol. The molecule has 8 heavy (non-hydrogen) atoms. The molecule has 4 nitrogen and oxygen atoms in total. The first-order chi connectivity index (χ1) is 3.80. The van der Waals surface area contributed by atoms with Gasteiger partial charge in [0, 0.05) is 6.21 Å². The number of ketones is 1. The second-order valence-electron chi connectivity index (χ2n) is 1.41. The Kier molecular flexibility index (Phi) is 1.07. The van der Waals surface area contributed by atoms with Gasteiger partial charge >= 0.3 is 0 Å². The summed E-state index contributed by atoms with van der Waals surface area (Å²) in [4.78, 5) is 10.4. The van der Waals surface area contributed by atoms with Gasteiger partial charge in [0.1, 0.15) is 0 Å². The van der Waals surface area contributed by atoms with Crippen LogP contribution in [0.15, 0.2) is 10.2 Å². The SMILES string of the molecule is NC1=NN=CCC1=O. The molecule has 1 heterocycles. The van der Waals surface area contributed by atoms with E-state index < -0.39 is 0 Å². The van der Waals surface area contributed by atoms with Crippen molar-refractivity contribution in [1.29, 1.82) is 0 Å². The van der Waals surface area contributed by atoms with Crippen molar-refractivity contribution in [2.24, 2.45) is 15.9 Å². The molecule has 4 heteroatoms. The molecule has 0 aromatic rings. The number of nitrogens with two attached hydrogens (primary N) is 1. The van der Waals surface area contributed by atoms with Crippen molar-refractivity contribution in [2.75, 3.05) is 0 Å². The molecule has 0 aromatic heterocycles. The van der Waals surface area contributed by atoms with Crippen molar-refractivity contribution in [3.8, 4) is 0 Å². The van der Waals surface area contributed by atoms with Crippen LogP contribution in [0.5, 0.6) is 0 Å². The lowest BCUT2D eigenvalue weighted by Gasteiger charge is -1.95. The summed E-state index contributed by atoms with van der Waals surface area (Å²) in [5, 5.41) is 6.75. The fourth-order valence-electron chi connectivity index (χ4n) is 0.387. The van der Waals surface area contributed by atoms with E-state index in [2.05, 4.69) is 10.2 Å². The van der Waals surface area contributed by atoms with Crippen molar-refractivity contribution in [3.05, 3.63) is 0 Å². The van der Waals surface area contributed by atoms with Crippen LogP contribution in [0.2, 0.25) is 0 Å². The molecule has 0 saturated heterocycles. The third-order valence-corrected chi connectivity index (χ3v) is 0.809. The van der Waals surface area contributed by atoms with Gasteiger partial charge in [-0.05, 0) is 0 Å². The largest absolute Gasteiger partial charge is 0.379 e. The molecule has 0 aliphatic carbocycles. The molecule has 42 valence electrons. The molecule has 0 aromatic carbocycles. The average Bonchev–Trinajstić information content (AvgIpc) is 1.77. The quantitative estimate of drug-likeness (QED) is 0.449. The summed E-state index contributed by atoms with van der Waals surface area (Å²) >= 11 is 0. The number of amidine groups is 1. The van der Waals surface area contributed by atoms with Crippen LogP contribution < -0.4 is 5.73 Å². The first-order valence-electron chi connectivity index (χ1n) is 2.19. The third kappa shape index (κ3) is 0.726. The van der Waals surface area contributed by atoms with Crippen molar-refractivity contribution < 1.29 is 4.79 Å². The molecule has 0 fully saturated rings. The number of Topliss-reactive ketones (excluding diaryl/α,β-unsaturated/α-hetero) is 1. The molecule has 0 saturated carbocycles. The number of hydrogen-bond acceptors (Lipinski definition) is 4. The minimum Gasteiger partial charge on any atom is -0.379 e. The first kappa shape index (κ1) is 4.96. The normalized spacial score (nSPS) is 18.5. The lowest BCUT2D eigenvalue weighted by Crippen LogP contribution is -2.25. The molecule has 0 spiro atoms. The number of hydrogen-bond donors (Lipinski definition) is 1. The molecule has 1 aliphatic heterocycles. The number of carbonyl (C=O) groups is 1. The van der Waals surface area contributed by atoms with Gasteiger partial charge in [-0.2, -0.15) is 5.10 Å². The Bertz CT molecular complexity index is 170. The van der Waals surface area contributed by atoms with Gasteiger partial charge in [-0.25, -0.2) is 0 Å². The van der Waals surface area contributed by atoms with E-state index >= 15 is 0 Å². The van der Waals surface area contributed by atoms with Gasteiger partial charge in [0.25, 0.3) is 0 Å². The summed E-state index contributed by atoms with van der Waals surface area (Å²) in [6.45, 7) is 0. The van der Waals surface area contributed by atoms with Crippen molar-refractivity contribution in [1.82, 2.24) is 0 Å². The van der Waals surface area contributed by atoms with Crippen LogP contribution in [0.3, 0.4) is 0 Å². The monoisotopic (exact) mass is 111 g/mol. The van der Waals surface area contributed by atoms with E-state index in [-0.39, 0.29) is 18.0 Å². The van der Waals surface area contributed by atoms with E-state index in [0.717, 1.165) is 0 Å². The van der Waals surface area contributed by atoms with Crippen LogP contribution in [-0.2, 0) is 4.79 Å². The predicted octanol–water partition coefficient (Wildman–Crippen LogP) is -0.698. The molecule has 0 amide bonds. The fraction of sp³-hybridized carbons (Fsp3) is 0.250. The van der Waals surface area contributed by atoms with Crippen molar-refractivity contribution >= 4 is 17.8 Å². The highest BCUT2D eigenvalue weighted by atomic mass is 16.1. The van der Waals surface area contributed by atoms with E-state index in [1.807, 2.05) is 0 Å². The fourth-order valence-corrected chi connectivity index (χ4v) is 0.387. The van der Waals surface area contributed by atoms with Gasteiger partial charge in [0.05, 0.1) is 6.42 Å². The maximum atomic E-state index is 10.4. The molecule has 2 N–H and O–H groups in total. The Morgan fingerprint density at radius 3 is 2.88 bits per heavy atom. The zero-order valence-electron chi connectivity index (χ0n) is 4.16. The number of rotatable bonds is 0. The summed E-state index contributed by atoms with van der Waals surface area (Å²) in [5.41, 5.74) is 5.06. The molecular formula is C4H5N3O. The second kappa shape index (κ2) is 1.73. The van der Waals surface area contributed by atoms with Gasteiger partial charge in [-0.3, -0.25) is 4.79 Å². The smallest absolute Gasteiger partial charge is 0.204 e. The van der Waals surface area contributed by atoms with Crippen LogP contribution in [0.1, 0.15) is 6.42 Å². The zero-order chi connectivity index (χ0) is 5.98. The molecule has 0 unspecified atom stereocenters. The topological polar surface area (TPSA) is 67.8 Å². The summed E-state index contributed by atoms with van der Waals surface area (Å²) in [6.07, 6.45) is 1.72. The van der Waals surface area contributed by atoms with E-state index in [4.69, 9.17) is 5.73 Å². The van der Waals surface area contributed by atoms with E-state index in [1.54, 1.807) is 0 Å². The lowest BCUT2D eigenvalue weighted by molar-refractivity contribution is -0.112. The summed E-state index contributed by atoms with van der Waals surface area (Å²) in [6, 6.07) is 0. The van der Waals surface area contributed by atoms with Crippen molar-refractivity contribution in [3.63, 3.8) is 0 Å². The van der Waals surface area contributed by atoms with E-state index in [0.29, 0.717) is 0 Å². The van der Waals surface area contributed by atoms with Crippen LogP contribution in [0.25, 0.3) is 0 Å². The molecule has 1 aliphatic rings. The Balaban J connectivity index is 2.80. The Morgan fingerprint density at radius 2 is 2.50 bits per heavy atom. The van der Waals surface area contributed by atoms with E-state index in [1.165, 1.54) is 6.21 Å². The molecule has 0 radical (unpaired) electrons. The molecule has 0 atom stereocenters. The van der Waals surface area contributed by atoms with Crippen molar-refractivity contribution in [2.45, 2.75) is 6.42 Å². The van der Waals surface area contributed by atoms with Gasteiger partial charge in [0.2, 0.25) is 5.78 Å². The molecular weight excluding hydrogens is 106 g/mol. The lowest BCUT2D eigenvalue weighted by atomic mass is 10.3. The van der Waals surface area contributed by atoms with E-state index in [9.17, 15) is 4.79 Å².